The third-order valence-electron chi connectivity index (χ3n) is 6.90. The summed E-state index contributed by atoms with van der Waals surface area (Å²) in [5.41, 5.74) is 2.28. The molecule has 0 saturated carbocycles. The average molecular weight is 387 g/mol. The summed E-state index contributed by atoms with van der Waals surface area (Å²) in [5, 5.41) is 12.4. The molecule has 27 heavy (non-hydrogen) atoms. The summed E-state index contributed by atoms with van der Waals surface area (Å²) < 4.78 is 6.52. The number of hydrogen-bond acceptors (Lipinski definition) is 2. The topological polar surface area (TPSA) is 29.5 Å². The van der Waals surface area contributed by atoms with Gasteiger partial charge < -0.3 is 9.84 Å². The summed E-state index contributed by atoms with van der Waals surface area (Å²) in [4.78, 5) is 0. The summed E-state index contributed by atoms with van der Waals surface area (Å²) in [6, 6.07) is 5.62. The predicted octanol–water partition coefficient (Wildman–Crippen LogP) is 6.50. The number of rotatable bonds is 6. The molecular weight excluding hydrogens is 348 g/mol. The summed E-state index contributed by atoms with van der Waals surface area (Å²) in [5.74, 6) is 2.09. The van der Waals surface area contributed by atoms with Crippen LogP contribution in [0.3, 0.4) is 0 Å². The van der Waals surface area contributed by atoms with Gasteiger partial charge in [-0.25, -0.2) is 0 Å². The molecule has 2 aliphatic rings. The highest BCUT2D eigenvalue weighted by atomic mass is 28.3. The maximum absolute atomic E-state index is 11.0. The molecule has 2 nitrogen and oxygen atoms in total. The third-order valence-corrected chi connectivity index (χ3v) is 10.4. The van der Waals surface area contributed by atoms with E-state index in [9.17, 15) is 5.11 Å². The van der Waals surface area contributed by atoms with Crippen LogP contribution in [-0.2, 0) is 0 Å². The fraction of sp³-hybridized carbons (Fsp3) is 0.667. The van der Waals surface area contributed by atoms with Gasteiger partial charge in [-0.1, -0.05) is 68.6 Å². The minimum atomic E-state index is -1.58. The molecule has 0 radical (unpaired) electrons. The Morgan fingerprint density at radius 1 is 1.19 bits per heavy atom. The summed E-state index contributed by atoms with van der Waals surface area (Å²) in [6.07, 6.45) is 9.87. The molecule has 1 N–H and O–H groups in total. The van der Waals surface area contributed by atoms with Crippen molar-refractivity contribution < 1.29 is 9.84 Å². The number of benzene rings is 1. The molecule has 1 aliphatic heterocycles. The zero-order valence-corrected chi connectivity index (χ0v) is 19.2. The van der Waals surface area contributed by atoms with Crippen LogP contribution in [0.2, 0.25) is 19.1 Å². The Balaban J connectivity index is 1.95. The Morgan fingerprint density at radius 2 is 1.93 bits per heavy atom. The van der Waals surface area contributed by atoms with Crippen LogP contribution < -0.4 is 9.92 Å². The van der Waals surface area contributed by atoms with E-state index in [2.05, 4.69) is 59.0 Å². The van der Waals surface area contributed by atoms with Gasteiger partial charge >= 0.3 is 0 Å². The Kier molecular flexibility index (Phi) is 5.81. The Labute approximate surface area is 167 Å². The molecule has 1 aromatic rings. The molecule has 1 aromatic carbocycles. The normalized spacial score (nSPS) is 23.9. The van der Waals surface area contributed by atoms with Gasteiger partial charge in [0, 0.05) is 17.4 Å². The summed E-state index contributed by atoms with van der Waals surface area (Å²) in [6.45, 7) is 13.8. The number of ether oxygens (including phenoxy) is 1. The first-order valence-electron chi connectivity index (χ1n) is 10.9. The number of phenolic OH excluding ortho intramolecular Hbond substituents is 1. The van der Waals surface area contributed by atoms with E-state index in [4.69, 9.17) is 4.74 Å². The molecule has 0 bridgehead atoms. The van der Waals surface area contributed by atoms with Crippen molar-refractivity contribution in [2.75, 3.05) is 0 Å². The van der Waals surface area contributed by atoms with Crippen molar-refractivity contribution in [3.05, 3.63) is 29.3 Å². The van der Waals surface area contributed by atoms with Crippen LogP contribution in [0.15, 0.2) is 23.8 Å². The van der Waals surface area contributed by atoms with Gasteiger partial charge in [0.05, 0.1) is 8.07 Å². The SMILES string of the molecule is CCCCCC[Si](C)(C)c1cc(O)c2c(c1)OC(C)(C)[C@@H]1CCC(C)=C[C@@H]21. The van der Waals surface area contributed by atoms with Gasteiger partial charge in [-0.15, -0.1) is 0 Å². The fourth-order valence-corrected chi connectivity index (χ4v) is 7.52. The van der Waals surface area contributed by atoms with Gasteiger partial charge in [-0.2, -0.15) is 0 Å². The molecule has 1 aliphatic carbocycles. The second-order valence-corrected chi connectivity index (χ2v) is 14.8. The first-order valence-corrected chi connectivity index (χ1v) is 14.1. The van der Waals surface area contributed by atoms with Crippen LogP contribution in [-0.4, -0.2) is 18.8 Å². The first-order chi connectivity index (χ1) is 12.7. The molecule has 2 atom stereocenters. The lowest BCUT2D eigenvalue weighted by Crippen LogP contribution is -2.47. The van der Waals surface area contributed by atoms with E-state index in [-0.39, 0.29) is 11.5 Å². The molecule has 1 heterocycles. The van der Waals surface area contributed by atoms with Crippen molar-refractivity contribution in [2.45, 2.75) is 96.9 Å². The number of phenols is 1. The number of unbranched alkanes of at least 4 members (excludes halogenated alkanes) is 3. The molecule has 0 aromatic heterocycles. The molecule has 0 unspecified atom stereocenters. The number of aromatic hydroxyl groups is 1. The highest BCUT2D eigenvalue weighted by Crippen LogP contribution is 2.52. The quantitative estimate of drug-likeness (QED) is 0.343. The summed E-state index contributed by atoms with van der Waals surface area (Å²) >= 11 is 0. The van der Waals surface area contributed by atoms with E-state index in [0.29, 0.717) is 11.7 Å². The van der Waals surface area contributed by atoms with Crippen LogP contribution in [0.1, 0.15) is 77.7 Å². The van der Waals surface area contributed by atoms with Crippen molar-refractivity contribution in [1.82, 2.24) is 0 Å². The van der Waals surface area contributed by atoms with E-state index in [1.165, 1.54) is 42.5 Å². The predicted molar refractivity (Wildman–Crippen MR) is 118 cm³/mol. The van der Waals surface area contributed by atoms with Crippen LogP contribution in [0.4, 0.5) is 0 Å². The van der Waals surface area contributed by atoms with Gasteiger partial charge in [0.2, 0.25) is 0 Å². The molecule has 0 saturated heterocycles. The van der Waals surface area contributed by atoms with Gasteiger partial charge in [0.15, 0.2) is 0 Å². The number of fused-ring (bicyclic) bond motifs is 3. The standard InChI is InChI=1S/C24H38O2Si/c1-7-8-9-10-13-27(5,6)18-15-21(25)23-19-14-17(2)11-12-20(19)24(3,4)26-22(23)16-18/h14-16,19-20,25H,7-13H2,1-6H3/t19-,20-/m1/s1. The molecule has 0 spiro atoms. The Bertz CT molecular complexity index is 717. The van der Waals surface area contributed by atoms with E-state index in [0.717, 1.165) is 24.2 Å². The number of hydrogen-bond donors (Lipinski definition) is 1. The molecular formula is C24H38O2Si. The molecule has 150 valence electrons. The van der Waals surface area contributed by atoms with Crippen LogP contribution in [0.5, 0.6) is 11.5 Å². The Morgan fingerprint density at radius 3 is 2.63 bits per heavy atom. The maximum atomic E-state index is 11.0. The van der Waals surface area contributed by atoms with Crippen LogP contribution in [0, 0.1) is 5.92 Å². The Hall–Kier alpha value is -1.22. The average Bonchev–Trinajstić information content (AvgIpc) is 2.57. The summed E-state index contributed by atoms with van der Waals surface area (Å²) in [7, 11) is -1.58. The monoisotopic (exact) mass is 386 g/mol. The first kappa shape index (κ1) is 20.5. The zero-order chi connectivity index (χ0) is 19.8. The van der Waals surface area contributed by atoms with Gasteiger partial charge in [-0.3, -0.25) is 0 Å². The smallest absolute Gasteiger partial charge is 0.127 e. The van der Waals surface area contributed by atoms with Crippen LogP contribution >= 0.6 is 0 Å². The second kappa shape index (κ2) is 7.65. The zero-order valence-electron chi connectivity index (χ0n) is 18.2. The van der Waals surface area contributed by atoms with Crippen molar-refractivity contribution >= 4 is 13.3 Å². The largest absolute Gasteiger partial charge is 0.508 e. The van der Waals surface area contributed by atoms with Gasteiger partial charge in [0.25, 0.3) is 0 Å². The van der Waals surface area contributed by atoms with E-state index in [1.54, 1.807) is 0 Å². The lowest BCUT2D eigenvalue weighted by molar-refractivity contribution is 0.0109. The van der Waals surface area contributed by atoms with Crippen LogP contribution in [0.25, 0.3) is 0 Å². The maximum Gasteiger partial charge on any atom is 0.127 e. The molecule has 0 amide bonds. The van der Waals surface area contributed by atoms with E-state index >= 15 is 0 Å². The van der Waals surface area contributed by atoms with Gasteiger partial charge in [0.1, 0.15) is 17.1 Å². The molecule has 3 heteroatoms. The lowest BCUT2D eigenvalue weighted by Gasteiger charge is -2.46. The number of allylic oxidation sites excluding steroid dienone is 2. The third kappa shape index (κ3) is 4.13. The van der Waals surface area contributed by atoms with Gasteiger partial charge in [-0.05, 0) is 45.7 Å². The highest BCUT2D eigenvalue weighted by molar-refractivity contribution is 6.89. The van der Waals surface area contributed by atoms with E-state index < -0.39 is 8.07 Å². The van der Waals surface area contributed by atoms with Crippen molar-refractivity contribution in [2.24, 2.45) is 5.92 Å². The minimum Gasteiger partial charge on any atom is -0.508 e. The van der Waals surface area contributed by atoms with E-state index in [1.807, 2.05) is 0 Å². The van der Waals surface area contributed by atoms with Crippen molar-refractivity contribution in [3.63, 3.8) is 0 Å². The lowest BCUT2D eigenvalue weighted by atomic mass is 9.68. The fourth-order valence-electron chi connectivity index (χ4n) is 5.05. The van der Waals surface area contributed by atoms with Crippen molar-refractivity contribution in [1.29, 1.82) is 0 Å². The van der Waals surface area contributed by atoms with Crippen molar-refractivity contribution in [3.8, 4) is 11.5 Å². The second-order valence-electron chi connectivity index (χ2n) is 9.99. The minimum absolute atomic E-state index is 0.188. The molecule has 3 rings (SSSR count). The highest BCUT2D eigenvalue weighted by Gasteiger charge is 2.45. The molecule has 0 fully saturated rings.